The van der Waals surface area contributed by atoms with E-state index in [1.165, 1.54) is 11.1 Å². The molecule has 2 rings (SSSR count). The molecule has 1 aliphatic rings. The molecule has 1 N–H and O–H groups in total. The van der Waals surface area contributed by atoms with Crippen LogP contribution in [0.25, 0.3) is 0 Å². The number of carboxylic acids is 1. The Labute approximate surface area is 115 Å². The lowest BCUT2D eigenvalue weighted by Gasteiger charge is -2.34. The molecule has 0 bridgehead atoms. The maximum absolute atomic E-state index is 10.9. The third-order valence-electron chi connectivity index (χ3n) is 4.12. The molecular formula is C16H23NO2. The van der Waals surface area contributed by atoms with E-state index in [-0.39, 0.29) is 5.92 Å². The summed E-state index contributed by atoms with van der Waals surface area (Å²) in [6.45, 7) is 6.17. The minimum Gasteiger partial charge on any atom is -0.481 e. The fourth-order valence-electron chi connectivity index (χ4n) is 2.90. The summed E-state index contributed by atoms with van der Waals surface area (Å²) < 4.78 is 0. The summed E-state index contributed by atoms with van der Waals surface area (Å²) in [5.74, 6) is -0.770. The Bertz CT molecular complexity index is 436. The van der Waals surface area contributed by atoms with Gasteiger partial charge >= 0.3 is 5.97 Å². The molecule has 1 saturated heterocycles. The SMILES string of the molecule is Cc1cccc(CC(C)N2CCC(C(=O)O)CC2)c1. The van der Waals surface area contributed by atoms with Gasteiger partial charge in [-0.3, -0.25) is 4.79 Å². The van der Waals surface area contributed by atoms with Gasteiger partial charge in [0, 0.05) is 6.04 Å². The number of carboxylic acid groups (broad SMARTS) is 1. The topological polar surface area (TPSA) is 40.5 Å². The molecule has 1 aromatic rings. The summed E-state index contributed by atoms with van der Waals surface area (Å²) in [5.41, 5.74) is 2.67. The molecule has 0 aliphatic carbocycles. The van der Waals surface area contributed by atoms with Gasteiger partial charge in [-0.05, 0) is 51.8 Å². The highest BCUT2D eigenvalue weighted by molar-refractivity contribution is 5.70. The summed E-state index contributed by atoms with van der Waals surface area (Å²) in [6, 6.07) is 9.12. The van der Waals surface area contributed by atoms with Gasteiger partial charge in [-0.1, -0.05) is 29.8 Å². The highest BCUT2D eigenvalue weighted by atomic mass is 16.4. The molecule has 0 aromatic heterocycles. The molecule has 0 spiro atoms. The molecule has 19 heavy (non-hydrogen) atoms. The minimum absolute atomic E-state index is 0.137. The number of benzene rings is 1. The van der Waals surface area contributed by atoms with Crippen molar-refractivity contribution in [2.45, 2.75) is 39.2 Å². The zero-order valence-corrected chi connectivity index (χ0v) is 11.8. The first-order valence-electron chi connectivity index (χ1n) is 7.08. The number of nitrogens with zero attached hydrogens (tertiary/aromatic N) is 1. The van der Waals surface area contributed by atoms with E-state index in [0.717, 1.165) is 32.4 Å². The van der Waals surface area contributed by atoms with E-state index in [2.05, 4.69) is 43.0 Å². The first kappa shape index (κ1) is 14.1. The van der Waals surface area contributed by atoms with Crippen LogP contribution in [0.5, 0.6) is 0 Å². The van der Waals surface area contributed by atoms with Crippen LogP contribution in [0.1, 0.15) is 30.9 Å². The maximum atomic E-state index is 10.9. The first-order valence-corrected chi connectivity index (χ1v) is 7.08. The molecule has 1 heterocycles. The Morgan fingerprint density at radius 1 is 1.42 bits per heavy atom. The van der Waals surface area contributed by atoms with E-state index in [4.69, 9.17) is 5.11 Å². The predicted molar refractivity (Wildman–Crippen MR) is 76.3 cm³/mol. The Morgan fingerprint density at radius 2 is 2.11 bits per heavy atom. The standard InChI is InChI=1S/C16H23NO2/c1-12-4-3-5-14(10-12)11-13(2)17-8-6-15(7-9-17)16(18)19/h3-5,10,13,15H,6-9,11H2,1-2H3,(H,18,19). The third-order valence-corrected chi connectivity index (χ3v) is 4.12. The smallest absolute Gasteiger partial charge is 0.306 e. The molecule has 1 aromatic carbocycles. The maximum Gasteiger partial charge on any atom is 0.306 e. The summed E-state index contributed by atoms with van der Waals surface area (Å²) in [6.07, 6.45) is 2.61. The molecular weight excluding hydrogens is 238 g/mol. The van der Waals surface area contributed by atoms with Crippen molar-refractivity contribution in [3.8, 4) is 0 Å². The first-order chi connectivity index (χ1) is 9.06. The lowest BCUT2D eigenvalue weighted by Crippen LogP contribution is -2.42. The number of piperidine rings is 1. The van der Waals surface area contributed by atoms with Crippen molar-refractivity contribution in [1.29, 1.82) is 0 Å². The summed E-state index contributed by atoms with van der Waals surface area (Å²) in [5, 5.41) is 9.01. The van der Waals surface area contributed by atoms with Gasteiger partial charge in [0.25, 0.3) is 0 Å². The van der Waals surface area contributed by atoms with Crippen molar-refractivity contribution in [2.75, 3.05) is 13.1 Å². The van der Waals surface area contributed by atoms with Gasteiger partial charge in [0.05, 0.1) is 5.92 Å². The lowest BCUT2D eigenvalue weighted by molar-refractivity contribution is -0.143. The number of hydrogen-bond donors (Lipinski definition) is 1. The largest absolute Gasteiger partial charge is 0.481 e. The molecule has 104 valence electrons. The van der Waals surface area contributed by atoms with Crippen LogP contribution in [0, 0.1) is 12.8 Å². The fourth-order valence-corrected chi connectivity index (χ4v) is 2.90. The van der Waals surface area contributed by atoms with Gasteiger partial charge in [0.2, 0.25) is 0 Å². The highest BCUT2D eigenvalue weighted by Gasteiger charge is 2.26. The molecule has 0 amide bonds. The van der Waals surface area contributed by atoms with Crippen LogP contribution in [0.3, 0.4) is 0 Å². The molecule has 3 heteroatoms. The van der Waals surface area contributed by atoms with Gasteiger partial charge in [-0.2, -0.15) is 0 Å². The number of carbonyl (C=O) groups is 1. The van der Waals surface area contributed by atoms with Crippen molar-refractivity contribution in [2.24, 2.45) is 5.92 Å². The molecule has 1 unspecified atom stereocenters. The Morgan fingerprint density at radius 3 is 2.68 bits per heavy atom. The predicted octanol–water partition coefficient (Wildman–Crippen LogP) is 2.72. The van der Waals surface area contributed by atoms with Crippen molar-refractivity contribution >= 4 is 5.97 Å². The summed E-state index contributed by atoms with van der Waals surface area (Å²) >= 11 is 0. The van der Waals surface area contributed by atoms with E-state index in [1.807, 2.05) is 0 Å². The average molecular weight is 261 g/mol. The van der Waals surface area contributed by atoms with E-state index < -0.39 is 5.97 Å². The monoisotopic (exact) mass is 261 g/mol. The Kier molecular flexibility index (Phi) is 4.59. The Balaban J connectivity index is 1.88. The van der Waals surface area contributed by atoms with E-state index in [0.29, 0.717) is 6.04 Å². The van der Waals surface area contributed by atoms with Crippen molar-refractivity contribution in [1.82, 2.24) is 4.90 Å². The quantitative estimate of drug-likeness (QED) is 0.906. The molecule has 0 radical (unpaired) electrons. The summed E-state index contributed by atoms with van der Waals surface area (Å²) in [4.78, 5) is 13.4. The van der Waals surface area contributed by atoms with Gasteiger partial charge in [0.1, 0.15) is 0 Å². The lowest BCUT2D eigenvalue weighted by atomic mass is 9.95. The zero-order valence-electron chi connectivity index (χ0n) is 11.8. The van der Waals surface area contributed by atoms with Crippen LogP contribution < -0.4 is 0 Å². The van der Waals surface area contributed by atoms with Crippen LogP contribution in [0.4, 0.5) is 0 Å². The number of aliphatic carboxylic acids is 1. The van der Waals surface area contributed by atoms with E-state index in [9.17, 15) is 4.79 Å². The highest BCUT2D eigenvalue weighted by Crippen LogP contribution is 2.20. The molecule has 1 fully saturated rings. The number of hydrogen-bond acceptors (Lipinski definition) is 2. The van der Waals surface area contributed by atoms with Gasteiger partial charge in [-0.25, -0.2) is 0 Å². The van der Waals surface area contributed by atoms with Crippen molar-refractivity contribution < 1.29 is 9.90 Å². The second kappa shape index (κ2) is 6.20. The third kappa shape index (κ3) is 3.80. The fraction of sp³-hybridized carbons (Fsp3) is 0.562. The molecule has 1 atom stereocenters. The number of likely N-dealkylation sites (tertiary alicyclic amines) is 1. The van der Waals surface area contributed by atoms with Gasteiger partial charge < -0.3 is 10.0 Å². The van der Waals surface area contributed by atoms with E-state index in [1.54, 1.807) is 0 Å². The zero-order chi connectivity index (χ0) is 13.8. The number of rotatable bonds is 4. The van der Waals surface area contributed by atoms with Crippen LogP contribution in [-0.2, 0) is 11.2 Å². The second-order valence-corrected chi connectivity index (χ2v) is 5.69. The van der Waals surface area contributed by atoms with Gasteiger partial charge in [0.15, 0.2) is 0 Å². The van der Waals surface area contributed by atoms with Crippen LogP contribution in [0.2, 0.25) is 0 Å². The molecule has 3 nitrogen and oxygen atoms in total. The van der Waals surface area contributed by atoms with Crippen molar-refractivity contribution in [3.05, 3.63) is 35.4 Å². The average Bonchev–Trinajstić information content (AvgIpc) is 2.39. The summed E-state index contributed by atoms with van der Waals surface area (Å²) in [7, 11) is 0. The van der Waals surface area contributed by atoms with Gasteiger partial charge in [-0.15, -0.1) is 0 Å². The van der Waals surface area contributed by atoms with Crippen LogP contribution in [0.15, 0.2) is 24.3 Å². The van der Waals surface area contributed by atoms with E-state index >= 15 is 0 Å². The van der Waals surface area contributed by atoms with Crippen molar-refractivity contribution in [3.63, 3.8) is 0 Å². The normalized spacial score (nSPS) is 19.3. The Hall–Kier alpha value is -1.35. The minimum atomic E-state index is -0.633. The molecule has 1 aliphatic heterocycles. The second-order valence-electron chi connectivity index (χ2n) is 5.69. The molecule has 0 saturated carbocycles. The van der Waals surface area contributed by atoms with Crippen LogP contribution >= 0.6 is 0 Å². The number of aryl methyl sites for hydroxylation is 1. The van der Waals surface area contributed by atoms with Crippen LogP contribution in [-0.4, -0.2) is 35.1 Å².